The number of rotatable bonds is 4. The molecular weight excluding hydrogens is 444 g/mol. The van der Waals surface area contributed by atoms with E-state index in [2.05, 4.69) is 0 Å². The van der Waals surface area contributed by atoms with Crippen molar-refractivity contribution >= 4 is 34.9 Å². The Morgan fingerprint density at radius 1 is 1.07 bits per heavy atom. The highest BCUT2D eigenvalue weighted by molar-refractivity contribution is 6.42. The first kappa shape index (κ1) is 22.4. The van der Waals surface area contributed by atoms with Crippen molar-refractivity contribution in [3.63, 3.8) is 0 Å². The van der Waals surface area contributed by atoms with E-state index in [9.17, 15) is 27.6 Å². The molecule has 30 heavy (non-hydrogen) atoms. The molecule has 1 aliphatic rings. The van der Waals surface area contributed by atoms with Crippen LogP contribution >= 0.6 is 23.2 Å². The average Bonchev–Trinajstić information content (AvgIpc) is 2.70. The molecule has 10 heteroatoms. The number of hydrogen-bond acceptors (Lipinski definition) is 3. The van der Waals surface area contributed by atoms with Gasteiger partial charge in [-0.2, -0.15) is 13.2 Å². The van der Waals surface area contributed by atoms with E-state index in [0.29, 0.717) is 29.5 Å². The number of alkyl halides is 3. The second kappa shape index (κ2) is 8.81. The molecule has 0 radical (unpaired) electrons. The molecule has 2 heterocycles. The lowest BCUT2D eigenvalue weighted by Crippen LogP contribution is -2.43. The Labute approximate surface area is 180 Å². The third-order valence-corrected chi connectivity index (χ3v) is 5.79. The summed E-state index contributed by atoms with van der Waals surface area (Å²) in [6, 6.07) is 6.41. The summed E-state index contributed by atoms with van der Waals surface area (Å²) in [6.45, 7) is 0.0444. The maximum Gasteiger partial charge on any atom is 0.421 e. The molecule has 1 aromatic carbocycles. The first-order valence-corrected chi connectivity index (χ1v) is 9.87. The van der Waals surface area contributed by atoms with Gasteiger partial charge in [0.05, 0.1) is 10.0 Å². The third-order valence-electron chi connectivity index (χ3n) is 5.05. The molecule has 0 N–H and O–H groups in total. The zero-order chi connectivity index (χ0) is 22.1. The van der Waals surface area contributed by atoms with Crippen LogP contribution in [-0.4, -0.2) is 34.2 Å². The third kappa shape index (κ3) is 4.87. The second-order valence-electron chi connectivity index (χ2n) is 7.00. The number of Topliss-reactive ketones (excluding diaryl/α,β-unsaturated/α-hetero) is 1. The fourth-order valence-corrected chi connectivity index (χ4v) is 3.70. The van der Waals surface area contributed by atoms with Crippen molar-refractivity contribution in [2.24, 2.45) is 5.92 Å². The first-order chi connectivity index (χ1) is 14.1. The summed E-state index contributed by atoms with van der Waals surface area (Å²) in [5, 5.41) is 0.625. The maximum absolute atomic E-state index is 12.9. The highest BCUT2D eigenvalue weighted by atomic mass is 35.5. The minimum Gasteiger partial charge on any atom is -0.341 e. The van der Waals surface area contributed by atoms with Crippen LogP contribution < -0.4 is 5.56 Å². The molecule has 1 aromatic heterocycles. The number of ketones is 1. The number of piperidine rings is 1. The van der Waals surface area contributed by atoms with Gasteiger partial charge in [-0.25, -0.2) is 0 Å². The molecule has 0 spiro atoms. The van der Waals surface area contributed by atoms with Crippen LogP contribution in [0.4, 0.5) is 13.2 Å². The monoisotopic (exact) mass is 460 g/mol. The highest BCUT2D eigenvalue weighted by Gasteiger charge is 2.35. The second-order valence-corrected chi connectivity index (χ2v) is 7.82. The number of carbonyl (C=O) groups is 2. The van der Waals surface area contributed by atoms with Crippen molar-refractivity contribution in [1.29, 1.82) is 0 Å². The fraction of sp³-hybridized carbons (Fsp3) is 0.350. The largest absolute Gasteiger partial charge is 0.421 e. The lowest BCUT2D eigenvalue weighted by Gasteiger charge is -2.31. The lowest BCUT2D eigenvalue weighted by molar-refractivity contribution is -0.139. The van der Waals surface area contributed by atoms with Gasteiger partial charge < -0.3 is 9.47 Å². The van der Waals surface area contributed by atoms with Crippen LogP contribution in [0, 0.1) is 5.92 Å². The molecular formula is C20H17Cl2F3N2O3. The van der Waals surface area contributed by atoms with Gasteiger partial charge in [-0.3, -0.25) is 14.4 Å². The van der Waals surface area contributed by atoms with E-state index in [0.717, 1.165) is 16.8 Å². The zero-order valence-electron chi connectivity index (χ0n) is 15.6. The zero-order valence-corrected chi connectivity index (χ0v) is 17.1. The number of nitrogens with zero attached hydrogens (tertiary/aromatic N) is 2. The van der Waals surface area contributed by atoms with Gasteiger partial charge in [0.25, 0.3) is 5.56 Å². The Bertz CT molecular complexity index is 1030. The van der Waals surface area contributed by atoms with Crippen molar-refractivity contribution in [2.45, 2.75) is 25.6 Å². The van der Waals surface area contributed by atoms with E-state index in [-0.39, 0.29) is 29.8 Å². The Morgan fingerprint density at radius 2 is 1.73 bits per heavy atom. The highest BCUT2D eigenvalue weighted by Crippen LogP contribution is 2.28. The first-order valence-electron chi connectivity index (χ1n) is 9.11. The van der Waals surface area contributed by atoms with Crippen molar-refractivity contribution in [2.75, 3.05) is 13.1 Å². The van der Waals surface area contributed by atoms with Gasteiger partial charge in [0.15, 0.2) is 5.78 Å². The van der Waals surface area contributed by atoms with E-state index in [1.165, 1.54) is 11.0 Å². The van der Waals surface area contributed by atoms with E-state index >= 15 is 0 Å². The molecule has 1 saturated heterocycles. The molecule has 0 aliphatic carbocycles. The van der Waals surface area contributed by atoms with Gasteiger partial charge in [0.2, 0.25) is 5.91 Å². The molecule has 1 aliphatic heterocycles. The maximum atomic E-state index is 12.9. The van der Waals surface area contributed by atoms with Gasteiger partial charge >= 0.3 is 6.18 Å². The normalized spacial score (nSPS) is 15.3. The predicted octanol–water partition coefficient (Wildman–Crippen LogP) is 4.30. The Kier molecular flexibility index (Phi) is 6.57. The minimum atomic E-state index is -4.79. The number of aromatic nitrogens is 1. The Hall–Kier alpha value is -2.32. The van der Waals surface area contributed by atoms with Crippen LogP contribution in [0.15, 0.2) is 41.3 Å². The Balaban J connectivity index is 1.63. The van der Waals surface area contributed by atoms with Crippen LogP contribution in [0.1, 0.15) is 28.8 Å². The standard InChI is InChI=1S/C20H17Cl2F3N2O3/c21-15-4-3-13(10-16(15)22)18(29)12-5-8-26(9-6-12)17(28)11-27-7-1-2-14(19(27)30)20(23,24)25/h1-4,7,10,12H,5-6,8-9,11H2. The van der Waals surface area contributed by atoms with Crippen LogP contribution in [0.25, 0.3) is 0 Å². The average molecular weight is 461 g/mol. The van der Waals surface area contributed by atoms with E-state index in [1.807, 2.05) is 0 Å². The number of likely N-dealkylation sites (tertiary alicyclic amines) is 1. The van der Waals surface area contributed by atoms with Crippen molar-refractivity contribution in [1.82, 2.24) is 9.47 Å². The molecule has 0 saturated carbocycles. The summed E-state index contributed by atoms with van der Waals surface area (Å²) in [4.78, 5) is 38.6. The van der Waals surface area contributed by atoms with Gasteiger partial charge in [0.1, 0.15) is 12.1 Å². The summed E-state index contributed by atoms with van der Waals surface area (Å²) in [6.07, 6.45) is -2.83. The van der Waals surface area contributed by atoms with Crippen molar-refractivity contribution in [3.8, 4) is 0 Å². The van der Waals surface area contributed by atoms with Gasteiger partial charge in [-0.05, 0) is 43.2 Å². The molecule has 160 valence electrons. The number of pyridine rings is 1. The van der Waals surface area contributed by atoms with Crippen LogP contribution in [-0.2, 0) is 17.5 Å². The van der Waals surface area contributed by atoms with E-state index in [1.54, 1.807) is 12.1 Å². The van der Waals surface area contributed by atoms with Crippen LogP contribution in [0.5, 0.6) is 0 Å². The van der Waals surface area contributed by atoms with Gasteiger partial charge in [-0.1, -0.05) is 23.2 Å². The molecule has 3 rings (SSSR count). The number of amides is 1. The van der Waals surface area contributed by atoms with Gasteiger partial charge in [-0.15, -0.1) is 0 Å². The van der Waals surface area contributed by atoms with Crippen molar-refractivity contribution in [3.05, 3.63) is 68.1 Å². The topological polar surface area (TPSA) is 59.4 Å². The predicted molar refractivity (Wildman–Crippen MR) is 106 cm³/mol. The van der Waals surface area contributed by atoms with Crippen LogP contribution in [0.3, 0.4) is 0 Å². The summed E-state index contributed by atoms with van der Waals surface area (Å²) in [5.41, 5.74) is -2.14. The lowest BCUT2D eigenvalue weighted by atomic mass is 9.89. The molecule has 0 atom stereocenters. The summed E-state index contributed by atoms with van der Waals surface area (Å²) < 4.78 is 39.4. The molecule has 5 nitrogen and oxygen atoms in total. The van der Waals surface area contributed by atoms with Crippen LogP contribution in [0.2, 0.25) is 10.0 Å². The minimum absolute atomic E-state index is 0.102. The fourth-order valence-electron chi connectivity index (χ4n) is 3.40. The summed E-state index contributed by atoms with van der Waals surface area (Å²) in [5.74, 6) is -0.880. The molecule has 1 fully saturated rings. The SMILES string of the molecule is O=C(c1ccc(Cl)c(Cl)c1)C1CCN(C(=O)Cn2cccc(C(F)(F)F)c2=O)CC1. The quantitative estimate of drug-likeness (QED) is 0.639. The number of carbonyl (C=O) groups excluding carboxylic acids is 2. The molecule has 2 aromatic rings. The Morgan fingerprint density at radius 3 is 2.33 bits per heavy atom. The van der Waals surface area contributed by atoms with E-state index < -0.39 is 29.8 Å². The number of hydrogen-bond donors (Lipinski definition) is 0. The number of benzene rings is 1. The smallest absolute Gasteiger partial charge is 0.341 e. The summed E-state index contributed by atoms with van der Waals surface area (Å²) in [7, 11) is 0. The van der Waals surface area contributed by atoms with Gasteiger partial charge in [0, 0.05) is 30.8 Å². The molecule has 0 unspecified atom stereocenters. The summed E-state index contributed by atoms with van der Waals surface area (Å²) >= 11 is 11.8. The molecule has 0 bridgehead atoms. The van der Waals surface area contributed by atoms with Crippen molar-refractivity contribution < 1.29 is 22.8 Å². The van der Waals surface area contributed by atoms with E-state index in [4.69, 9.17) is 23.2 Å². The molecule has 1 amide bonds. The number of halogens is 5.